The second kappa shape index (κ2) is 6.60. The maximum absolute atomic E-state index is 14.3. The van der Waals surface area contributed by atoms with E-state index in [-0.39, 0.29) is 0 Å². The van der Waals surface area contributed by atoms with E-state index < -0.39 is 11.5 Å². The van der Waals surface area contributed by atoms with E-state index >= 15 is 0 Å². The van der Waals surface area contributed by atoms with E-state index in [1.807, 2.05) is 48.5 Å². The summed E-state index contributed by atoms with van der Waals surface area (Å²) in [6, 6.07) is 18.6. The molecule has 5 rings (SSSR count). The average Bonchev–Trinajstić information content (AvgIpc) is 3.09. The maximum atomic E-state index is 14.3. The third-order valence-electron chi connectivity index (χ3n) is 5.16. The van der Waals surface area contributed by atoms with Gasteiger partial charge in [-0.2, -0.15) is 4.39 Å². The fraction of sp³-hybridized carbons (Fsp3) is 0.0435. The lowest BCUT2D eigenvalue weighted by atomic mass is 9.80. The van der Waals surface area contributed by atoms with Crippen molar-refractivity contribution in [1.82, 2.24) is 15.0 Å². The molecule has 1 atom stereocenters. The van der Waals surface area contributed by atoms with Gasteiger partial charge in [0.1, 0.15) is 5.84 Å². The summed E-state index contributed by atoms with van der Waals surface area (Å²) in [5.41, 5.74) is 9.76. The maximum Gasteiger partial charge on any atom is 0.220 e. The Morgan fingerprint density at radius 3 is 2.31 bits per heavy atom. The summed E-state index contributed by atoms with van der Waals surface area (Å²) in [7, 11) is 0. The fourth-order valence-electron chi connectivity index (χ4n) is 3.87. The van der Waals surface area contributed by atoms with Crippen LogP contribution in [0.4, 0.5) is 4.39 Å². The first kappa shape index (κ1) is 17.2. The van der Waals surface area contributed by atoms with E-state index in [0.29, 0.717) is 17.0 Å². The molecule has 0 bridgehead atoms. The van der Waals surface area contributed by atoms with Crippen molar-refractivity contribution in [3.63, 3.8) is 0 Å². The first-order valence-electron chi connectivity index (χ1n) is 9.13. The Bertz CT molecular complexity index is 1240. The van der Waals surface area contributed by atoms with Crippen LogP contribution in [0, 0.1) is 5.95 Å². The van der Waals surface area contributed by atoms with Gasteiger partial charge in [-0.1, -0.05) is 18.2 Å². The molecule has 6 heteroatoms. The Balaban J connectivity index is 1.80. The molecule has 0 saturated carbocycles. The zero-order valence-electron chi connectivity index (χ0n) is 15.3. The standard InChI is InChI=1S/C23H16FN5/c24-21-18(6-2-11-28-21)15-4-1-5-17(14-15)23(16-8-12-26-13-9-16)20-19(22(25)29-23)7-3-10-27-20/h1-14H,(H2,25,29). The number of fused-ring (bicyclic) bond motifs is 1. The summed E-state index contributed by atoms with van der Waals surface area (Å²) in [5.74, 6) is -0.0987. The lowest BCUT2D eigenvalue weighted by Gasteiger charge is -2.28. The topological polar surface area (TPSA) is 77.0 Å². The summed E-state index contributed by atoms with van der Waals surface area (Å²) in [6.45, 7) is 0. The van der Waals surface area contributed by atoms with E-state index in [0.717, 1.165) is 22.4 Å². The van der Waals surface area contributed by atoms with E-state index in [2.05, 4.69) is 15.0 Å². The number of halogens is 1. The molecule has 4 heterocycles. The number of nitrogens with zero attached hydrogens (tertiary/aromatic N) is 4. The van der Waals surface area contributed by atoms with Crippen LogP contribution in [0.25, 0.3) is 11.1 Å². The zero-order chi connectivity index (χ0) is 19.8. The van der Waals surface area contributed by atoms with Gasteiger partial charge in [-0.25, -0.2) is 9.98 Å². The van der Waals surface area contributed by atoms with Gasteiger partial charge in [-0.05, 0) is 59.2 Å². The van der Waals surface area contributed by atoms with E-state index in [1.165, 1.54) is 6.20 Å². The molecule has 5 nitrogen and oxygen atoms in total. The number of hydrogen-bond donors (Lipinski definition) is 1. The Morgan fingerprint density at radius 2 is 1.52 bits per heavy atom. The number of amidine groups is 1. The number of aliphatic imine (C=N–C) groups is 1. The highest BCUT2D eigenvalue weighted by Gasteiger charge is 2.44. The van der Waals surface area contributed by atoms with Crippen LogP contribution in [0.3, 0.4) is 0 Å². The van der Waals surface area contributed by atoms with Crippen molar-refractivity contribution in [3.05, 3.63) is 114 Å². The highest BCUT2D eigenvalue weighted by molar-refractivity contribution is 6.02. The summed E-state index contributed by atoms with van der Waals surface area (Å²) < 4.78 is 14.3. The predicted molar refractivity (Wildman–Crippen MR) is 109 cm³/mol. The Kier molecular flexibility index (Phi) is 3.91. The molecule has 0 fully saturated rings. The Labute approximate surface area is 166 Å². The molecule has 140 valence electrons. The molecule has 29 heavy (non-hydrogen) atoms. The molecule has 1 aliphatic heterocycles. The minimum atomic E-state index is -0.932. The largest absolute Gasteiger partial charge is 0.383 e. The molecule has 0 aliphatic carbocycles. The number of nitrogens with two attached hydrogens (primary N) is 1. The lowest BCUT2D eigenvalue weighted by Crippen LogP contribution is -2.26. The van der Waals surface area contributed by atoms with Crippen LogP contribution >= 0.6 is 0 Å². The second-order valence-corrected chi connectivity index (χ2v) is 6.77. The number of benzene rings is 1. The van der Waals surface area contributed by atoms with E-state index in [9.17, 15) is 4.39 Å². The van der Waals surface area contributed by atoms with Gasteiger partial charge in [0.15, 0.2) is 5.54 Å². The SMILES string of the molecule is NC1=NC(c2ccncc2)(c2cccc(-c3cccnc3F)c2)c2ncccc21. The van der Waals surface area contributed by atoms with Crippen LogP contribution in [0.15, 0.2) is 90.4 Å². The molecule has 1 aliphatic rings. The van der Waals surface area contributed by atoms with E-state index in [4.69, 9.17) is 10.7 Å². The minimum absolute atomic E-state index is 0.419. The average molecular weight is 381 g/mol. The first-order chi connectivity index (χ1) is 14.2. The normalized spacial score (nSPS) is 17.6. The van der Waals surface area contributed by atoms with Gasteiger partial charge in [0.2, 0.25) is 5.95 Å². The van der Waals surface area contributed by atoms with Crippen molar-refractivity contribution in [1.29, 1.82) is 0 Å². The molecular weight excluding hydrogens is 365 g/mol. The van der Waals surface area contributed by atoms with Crippen LogP contribution in [0.5, 0.6) is 0 Å². The Hall–Kier alpha value is -3.93. The smallest absolute Gasteiger partial charge is 0.220 e. The van der Waals surface area contributed by atoms with Crippen molar-refractivity contribution in [2.24, 2.45) is 10.7 Å². The van der Waals surface area contributed by atoms with Gasteiger partial charge >= 0.3 is 0 Å². The summed E-state index contributed by atoms with van der Waals surface area (Å²) >= 11 is 0. The van der Waals surface area contributed by atoms with Gasteiger partial charge in [0.25, 0.3) is 0 Å². The van der Waals surface area contributed by atoms with Crippen LogP contribution in [0.2, 0.25) is 0 Å². The zero-order valence-corrected chi connectivity index (χ0v) is 15.3. The number of hydrogen-bond acceptors (Lipinski definition) is 5. The van der Waals surface area contributed by atoms with Crippen molar-refractivity contribution in [3.8, 4) is 11.1 Å². The second-order valence-electron chi connectivity index (χ2n) is 6.77. The summed E-state index contributed by atoms with van der Waals surface area (Å²) in [5, 5.41) is 0. The molecule has 0 radical (unpaired) electrons. The molecule has 0 saturated heterocycles. The van der Waals surface area contributed by atoms with Gasteiger partial charge in [-0.3, -0.25) is 9.97 Å². The first-order valence-corrected chi connectivity index (χ1v) is 9.13. The monoisotopic (exact) mass is 381 g/mol. The third kappa shape index (κ3) is 2.61. The summed E-state index contributed by atoms with van der Waals surface area (Å²) in [6.07, 6.45) is 6.60. The molecule has 1 aromatic carbocycles. The van der Waals surface area contributed by atoms with Crippen LogP contribution in [-0.4, -0.2) is 20.8 Å². The molecule has 4 aromatic rings. The predicted octanol–water partition coefficient (Wildman–Crippen LogP) is 3.69. The highest BCUT2D eigenvalue weighted by atomic mass is 19.1. The van der Waals surface area contributed by atoms with Crippen molar-refractivity contribution < 1.29 is 4.39 Å². The number of pyridine rings is 3. The molecule has 2 N–H and O–H groups in total. The van der Waals surface area contributed by atoms with Crippen LogP contribution in [-0.2, 0) is 5.54 Å². The molecule has 0 amide bonds. The quantitative estimate of drug-likeness (QED) is 0.549. The molecular formula is C23H16FN5. The Morgan fingerprint density at radius 1 is 0.759 bits per heavy atom. The summed E-state index contributed by atoms with van der Waals surface area (Å²) in [4.78, 5) is 17.4. The van der Waals surface area contributed by atoms with Crippen LogP contribution in [0.1, 0.15) is 22.4 Å². The van der Waals surface area contributed by atoms with Gasteiger partial charge in [-0.15, -0.1) is 0 Å². The number of rotatable bonds is 3. The van der Waals surface area contributed by atoms with E-state index in [1.54, 1.807) is 30.7 Å². The molecule has 3 aromatic heterocycles. The lowest BCUT2D eigenvalue weighted by molar-refractivity contribution is 0.587. The number of aromatic nitrogens is 3. The molecule has 0 spiro atoms. The minimum Gasteiger partial charge on any atom is -0.383 e. The third-order valence-corrected chi connectivity index (χ3v) is 5.16. The van der Waals surface area contributed by atoms with Crippen molar-refractivity contribution in [2.75, 3.05) is 0 Å². The van der Waals surface area contributed by atoms with Gasteiger partial charge in [0, 0.05) is 35.9 Å². The van der Waals surface area contributed by atoms with Crippen molar-refractivity contribution >= 4 is 5.84 Å². The van der Waals surface area contributed by atoms with Gasteiger partial charge in [0.05, 0.1) is 5.69 Å². The highest BCUT2D eigenvalue weighted by Crippen LogP contribution is 2.45. The van der Waals surface area contributed by atoms with Crippen LogP contribution < -0.4 is 5.73 Å². The fourth-order valence-corrected chi connectivity index (χ4v) is 3.87. The van der Waals surface area contributed by atoms with Crippen molar-refractivity contribution in [2.45, 2.75) is 5.54 Å². The van der Waals surface area contributed by atoms with Gasteiger partial charge < -0.3 is 5.73 Å². The molecule has 1 unspecified atom stereocenters.